The minimum Gasteiger partial charge on any atom is -0.497 e. The summed E-state index contributed by atoms with van der Waals surface area (Å²) in [6.45, 7) is 2.21. The van der Waals surface area contributed by atoms with Crippen molar-refractivity contribution >= 4 is 0 Å². The highest BCUT2D eigenvalue weighted by atomic mass is 16.5. The van der Waals surface area contributed by atoms with Gasteiger partial charge >= 0.3 is 0 Å². The molecule has 0 aliphatic heterocycles. The zero-order valence-electron chi connectivity index (χ0n) is 10.2. The quantitative estimate of drug-likeness (QED) is 0.516. The second-order valence-electron chi connectivity index (χ2n) is 3.99. The molecule has 1 atom stereocenters. The monoisotopic (exact) mass is 216 g/mol. The lowest BCUT2D eigenvalue weighted by molar-refractivity contribution is 0.414. The molecular formula is C15H20O. The first-order valence-electron chi connectivity index (χ1n) is 5.92. The van der Waals surface area contributed by atoms with Gasteiger partial charge in [0.25, 0.3) is 0 Å². The lowest BCUT2D eigenvalue weighted by Gasteiger charge is -2.11. The van der Waals surface area contributed by atoms with E-state index in [0.717, 1.165) is 12.2 Å². The molecule has 1 nitrogen and oxygen atoms in total. The Labute approximate surface area is 98.8 Å². The number of rotatable bonds is 6. The first kappa shape index (κ1) is 12.6. The van der Waals surface area contributed by atoms with Crippen LogP contribution in [0.1, 0.15) is 44.1 Å². The molecule has 1 rings (SSSR count). The van der Waals surface area contributed by atoms with Crippen molar-refractivity contribution in [3.63, 3.8) is 0 Å². The maximum atomic E-state index is 5.58. The Bertz CT molecular complexity index is 331. The van der Waals surface area contributed by atoms with E-state index >= 15 is 0 Å². The second-order valence-corrected chi connectivity index (χ2v) is 3.99. The number of hydrogen-bond donors (Lipinski definition) is 0. The summed E-state index contributed by atoms with van der Waals surface area (Å²) in [7, 11) is 1.68. The molecule has 0 heterocycles. The van der Waals surface area contributed by atoms with E-state index in [1.165, 1.54) is 24.8 Å². The van der Waals surface area contributed by atoms with Gasteiger partial charge in [-0.3, -0.25) is 0 Å². The molecule has 1 heteroatoms. The van der Waals surface area contributed by atoms with Crippen LogP contribution in [0.5, 0.6) is 5.75 Å². The molecule has 1 unspecified atom stereocenters. The van der Waals surface area contributed by atoms with Crippen molar-refractivity contribution in [2.24, 2.45) is 0 Å². The molecule has 0 radical (unpaired) electrons. The van der Waals surface area contributed by atoms with Gasteiger partial charge in [-0.25, -0.2) is 0 Å². The third kappa shape index (κ3) is 3.62. The van der Waals surface area contributed by atoms with E-state index in [0.29, 0.717) is 0 Å². The highest BCUT2D eigenvalue weighted by Crippen LogP contribution is 2.23. The second kappa shape index (κ2) is 6.95. The van der Waals surface area contributed by atoms with Gasteiger partial charge in [0.2, 0.25) is 0 Å². The number of ether oxygens (including phenoxy) is 1. The van der Waals surface area contributed by atoms with Gasteiger partial charge in [-0.1, -0.05) is 44.2 Å². The number of benzene rings is 1. The Morgan fingerprint density at radius 2 is 1.94 bits per heavy atom. The fourth-order valence-electron chi connectivity index (χ4n) is 1.78. The summed E-state index contributed by atoms with van der Waals surface area (Å²) in [5, 5.41) is 0. The molecule has 1 aromatic rings. The van der Waals surface area contributed by atoms with Crippen LogP contribution in [-0.2, 0) is 0 Å². The highest BCUT2D eigenvalue weighted by Gasteiger charge is 2.07. The SMILES string of the molecule is C#CC(CCCCC)c1ccc(OC)cc1. The first-order valence-corrected chi connectivity index (χ1v) is 5.92. The number of hydrogen-bond acceptors (Lipinski definition) is 1. The minimum atomic E-state index is 0.248. The van der Waals surface area contributed by atoms with Crippen LogP contribution in [0.15, 0.2) is 24.3 Å². The normalized spacial score (nSPS) is 11.8. The number of methoxy groups -OCH3 is 1. The lowest BCUT2D eigenvalue weighted by Crippen LogP contribution is -1.96. The fraction of sp³-hybridized carbons (Fsp3) is 0.467. The van der Waals surface area contributed by atoms with Crippen LogP contribution < -0.4 is 4.74 Å². The third-order valence-electron chi connectivity index (χ3n) is 2.82. The predicted octanol–water partition coefficient (Wildman–Crippen LogP) is 3.99. The molecule has 0 spiro atoms. The van der Waals surface area contributed by atoms with Crippen molar-refractivity contribution in [1.29, 1.82) is 0 Å². The van der Waals surface area contributed by atoms with E-state index in [2.05, 4.69) is 25.0 Å². The molecule has 0 fully saturated rings. The summed E-state index contributed by atoms with van der Waals surface area (Å²) in [5.41, 5.74) is 1.22. The van der Waals surface area contributed by atoms with Crippen LogP contribution in [0.4, 0.5) is 0 Å². The van der Waals surface area contributed by atoms with Crippen molar-refractivity contribution in [2.75, 3.05) is 7.11 Å². The van der Waals surface area contributed by atoms with Crippen LogP contribution in [0, 0.1) is 12.3 Å². The highest BCUT2D eigenvalue weighted by molar-refractivity contribution is 5.32. The van der Waals surface area contributed by atoms with E-state index in [9.17, 15) is 0 Å². The van der Waals surface area contributed by atoms with E-state index in [1.807, 2.05) is 12.1 Å². The molecule has 1 aromatic carbocycles. The van der Waals surface area contributed by atoms with Gasteiger partial charge in [0.15, 0.2) is 0 Å². The molecule has 0 aliphatic carbocycles. The van der Waals surface area contributed by atoms with Gasteiger partial charge in [0, 0.05) is 5.92 Å². The Morgan fingerprint density at radius 1 is 1.25 bits per heavy atom. The zero-order valence-corrected chi connectivity index (χ0v) is 10.2. The van der Waals surface area contributed by atoms with Crippen molar-refractivity contribution in [3.05, 3.63) is 29.8 Å². The lowest BCUT2D eigenvalue weighted by atomic mass is 9.94. The van der Waals surface area contributed by atoms with Gasteiger partial charge in [-0.15, -0.1) is 6.42 Å². The molecule has 0 bridgehead atoms. The summed E-state index contributed by atoms with van der Waals surface area (Å²) < 4.78 is 5.13. The van der Waals surface area contributed by atoms with Gasteiger partial charge < -0.3 is 4.74 Å². The first-order chi connectivity index (χ1) is 7.81. The number of terminal acetylenes is 1. The largest absolute Gasteiger partial charge is 0.497 e. The topological polar surface area (TPSA) is 9.23 Å². The third-order valence-corrected chi connectivity index (χ3v) is 2.82. The maximum absolute atomic E-state index is 5.58. The van der Waals surface area contributed by atoms with Crippen molar-refractivity contribution in [3.8, 4) is 18.1 Å². The summed E-state index contributed by atoms with van der Waals surface area (Å²) >= 11 is 0. The molecule has 0 N–H and O–H groups in total. The van der Waals surface area contributed by atoms with E-state index in [4.69, 9.17) is 11.2 Å². The van der Waals surface area contributed by atoms with Crippen LogP contribution in [0.25, 0.3) is 0 Å². The summed E-state index contributed by atoms with van der Waals surface area (Å²) in [5.74, 6) is 4.00. The molecule has 16 heavy (non-hydrogen) atoms. The Morgan fingerprint density at radius 3 is 2.44 bits per heavy atom. The Balaban J connectivity index is 2.61. The average Bonchev–Trinajstić information content (AvgIpc) is 2.35. The molecule has 0 aliphatic rings. The Hall–Kier alpha value is -1.42. The molecule has 0 aromatic heterocycles. The summed E-state index contributed by atoms with van der Waals surface area (Å²) in [6, 6.07) is 8.07. The molecule has 0 saturated carbocycles. The summed E-state index contributed by atoms with van der Waals surface area (Å²) in [4.78, 5) is 0. The fourth-order valence-corrected chi connectivity index (χ4v) is 1.78. The van der Waals surface area contributed by atoms with Crippen LogP contribution in [0.3, 0.4) is 0 Å². The van der Waals surface area contributed by atoms with E-state index in [1.54, 1.807) is 7.11 Å². The molecule has 0 amide bonds. The smallest absolute Gasteiger partial charge is 0.118 e. The van der Waals surface area contributed by atoms with Crippen molar-refractivity contribution in [2.45, 2.75) is 38.5 Å². The predicted molar refractivity (Wildman–Crippen MR) is 68.7 cm³/mol. The van der Waals surface area contributed by atoms with Crippen LogP contribution in [0.2, 0.25) is 0 Å². The van der Waals surface area contributed by atoms with Gasteiger partial charge in [0.1, 0.15) is 5.75 Å². The van der Waals surface area contributed by atoms with Gasteiger partial charge in [-0.05, 0) is 24.1 Å². The molecular weight excluding hydrogens is 196 g/mol. The van der Waals surface area contributed by atoms with E-state index in [-0.39, 0.29) is 5.92 Å². The van der Waals surface area contributed by atoms with Gasteiger partial charge in [-0.2, -0.15) is 0 Å². The van der Waals surface area contributed by atoms with Crippen LogP contribution >= 0.6 is 0 Å². The van der Waals surface area contributed by atoms with E-state index < -0.39 is 0 Å². The standard InChI is InChI=1S/C15H20O/c1-4-6-7-8-13(5-2)14-9-11-15(16-3)12-10-14/h2,9-13H,4,6-8H2,1,3H3. The maximum Gasteiger partial charge on any atom is 0.118 e. The average molecular weight is 216 g/mol. The summed E-state index contributed by atoms with van der Waals surface area (Å²) in [6.07, 6.45) is 10.4. The van der Waals surface area contributed by atoms with Crippen molar-refractivity contribution in [1.82, 2.24) is 0 Å². The van der Waals surface area contributed by atoms with Crippen molar-refractivity contribution < 1.29 is 4.74 Å². The zero-order chi connectivity index (χ0) is 11.8. The minimum absolute atomic E-state index is 0.248. The van der Waals surface area contributed by atoms with Gasteiger partial charge in [0.05, 0.1) is 7.11 Å². The molecule has 0 saturated heterocycles. The van der Waals surface area contributed by atoms with Crippen LogP contribution in [-0.4, -0.2) is 7.11 Å². The number of unbranched alkanes of at least 4 members (excludes halogenated alkanes) is 2. The Kier molecular flexibility index (Phi) is 5.50. The molecule has 86 valence electrons.